The normalized spacial score (nSPS) is 12.2. The lowest BCUT2D eigenvalue weighted by atomic mass is 10.1. The number of carbonyl (C=O) groups is 1. The van der Waals surface area contributed by atoms with Crippen LogP contribution in [0.5, 0.6) is 5.75 Å². The van der Waals surface area contributed by atoms with Crippen LogP contribution in [0.25, 0.3) is 16.9 Å². The van der Waals surface area contributed by atoms with E-state index in [4.69, 9.17) is 4.74 Å². The van der Waals surface area contributed by atoms with Gasteiger partial charge in [-0.05, 0) is 30.3 Å². The molecule has 0 atom stereocenters. The van der Waals surface area contributed by atoms with Gasteiger partial charge in [0.1, 0.15) is 19.1 Å². The van der Waals surface area contributed by atoms with Crippen molar-refractivity contribution in [2.75, 3.05) is 19.0 Å². The third kappa shape index (κ3) is 5.73. The summed E-state index contributed by atoms with van der Waals surface area (Å²) in [5, 5.41) is 9.85. The number of ether oxygens (including phenoxy) is 2. The third-order valence-electron chi connectivity index (χ3n) is 4.72. The quantitative estimate of drug-likeness (QED) is 0.367. The number of aromatic nitrogens is 5. The van der Waals surface area contributed by atoms with Crippen LogP contribution in [0.15, 0.2) is 48.8 Å². The molecule has 0 saturated carbocycles. The second-order valence-electron chi connectivity index (χ2n) is 7.37. The second kappa shape index (κ2) is 9.49. The number of benzene rings is 1. The van der Waals surface area contributed by atoms with E-state index in [9.17, 15) is 31.1 Å². The first-order valence-corrected chi connectivity index (χ1v) is 10.0. The molecule has 190 valence electrons. The first-order valence-electron chi connectivity index (χ1n) is 10.0. The van der Waals surface area contributed by atoms with Gasteiger partial charge in [-0.3, -0.25) is 4.79 Å². The van der Waals surface area contributed by atoms with Crippen molar-refractivity contribution in [3.8, 4) is 17.0 Å². The van der Waals surface area contributed by atoms with Crippen LogP contribution >= 0.6 is 0 Å². The van der Waals surface area contributed by atoms with Crippen molar-refractivity contribution in [3.63, 3.8) is 0 Å². The standard InChI is InChI=1S/C21H16F6N6O3/c1-35-14-4-2-12(3-5-14)15-6-17(21(25,26)27)33-18(30-15)7-16(31-33)19(34)29-13-8-28-32(9-13)11-36-10-20(22,23)24/h2-9H,10-11H2,1H3,(H,29,34). The average molecular weight is 514 g/mol. The molecule has 0 radical (unpaired) electrons. The zero-order chi connectivity index (χ0) is 26.1. The van der Waals surface area contributed by atoms with Gasteiger partial charge in [-0.1, -0.05) is 0 Å². The van der Waals surface area contributed by atoms with Crippen LogP contribution in [0.3, 0.4) is 0 Å². The molecular formula is C21H16F6N6O3. The molecule has 3 heterocycles. The molecule has 1 N–H and O–H groups in total. The number of rotatable bonds is 7. The highest BCUT2D eigenvalue weighted by Gasteiger charge is 2.35. The lowest BCUT2D eigenvalue weighted by Crippen LogP contribution is -2.18. The van der Waals surface area contributed by atoms with E-state index < -0.39 is 37.3 Å². The molecular weight excluding hydrogens is 498 g/mol. The average Bonchev–Trinajstić information content (AvgIpc) is 3.43. The molecule has 0 fully saturated rings. The van der Waals surface area contributed by atoms with E-state index in [1.54, 1.807) is 12.1 Å². The predicted molar refractivity (Wildman–Crippen MR) is 112 cm³/mol. The van der Waals surface area contributed by atoms with Crippen molar-refractivity contribution < 1.29 is 40.6 Å². The summed E-state index contributed by atoms with van der Waals surface area (Å²) in [7, 11) is 1.45. The fourth-order valence-corrected chi connectivity index (χ4v) is 3.15. The number of amides is 1. The van der Waals surface area contributed by atoms with Gasteiger partial charge in [0.15, 0.2) is 17.0 Å². The number of hydrogen-bond donors (Lipinski definition) is 1. The molecule has 0 saturated heterocycles. The summed E-state index contributed by atoms with van der Waals surface area (Å²) in [5.74, 6) is -0.371. The number of alkyl halides is 6. The minimum Gasteiger partial charge on any atom is -0.497 e. The van der Waals surface area contributed by atoms with E-state index in [1.165, 1.54) is 25.4 Å². The van der Waals surface area contributed by atoms with E-state index in [-0.39, 0.29) is 22.7 Å². The molecule has 36 heavy (non-hydrogen) atoms. The summed E-state index contributed by atoms with van der Waals surface area (Å²) >= 11 is 0. The van der Waals surface area contributed by atoms with Crippen LogP contribution < -0.4 is 10.1 Å². The summed E-state index contributed by atoms with van der Waals surface area (Å²) in [4.78, 5) is 16.8. The SMILES string of the molecule is COc1ccc(-c2cc(C(F)(F)F)n3nc(C(=O)Nc4cnn(COCC(F)(F)F)c4)cc3n2)cc1. The highest BCUT2D eigenvalue weighted by atomic mass is 19.4. The molecule has 0 aliphatic heterocycles. The van der Waals surface area contributed by atoms with E-state index >= 15 is 0 Å². The van der Waals surface area contributed by atoms with Crippen molar-refractivity contribution >= 4 is 17.2 Å². The van der Waals surface area contributed by atoms with Crippen LogP contribution in [0.1, 0.15) is 16.2 Å². The van der Waals surface area contributed by atoms with Crippen LogP contribution in [0, 0.1) is 0 Å². The third-order valence-corrected chi connectivity index (χ3v) is 4.72. The number of carbonyl (C=O) groups excluding carboxylic acids is 1. The minimum absolute atomic E-state index is 0.00414. The molecule has 4 aromatic rings. The van der Waals surface area contributed by atoms with Crippen LogP contribution in [0.2, 0.25) is 0 Å². The summed E-state index contributed by atoms with van der Waals surface area (Å²) < 4.78 is 88.8. The van der Waals surface area contributed by atoms with Gasteiger partial charge in [0, 0.05) is 11.6 Å². The molecule has 4 rings (SSSR count). The van der Waals surface area contributed by atoms with E-state index in [1.807, 2.05) is 0 Å². The molecule has 3 aromatic heterocycles. The van der Waals surface area contributed by atoms with Crippen molar-refractivity contribution in [3.05, 3.63) is 60.2 Å². The molecule has 15 heteroatoms. The topological polar surface area (TPSA) is 95.6 Å². The summed E-state index contributed by atoms with van der Waals surface area (Å²) in [6, 6.07) is 8.11. The number of nitrogens with zero attached hydrogens (tertiary/aromatic N) is 5. The van der Waals surface area contributed by atoms with Gasteiger partial charge in [0.05, 0.1) is 30.9 Å². The van der Waals surface area contributed by atoms with Gasteiger partial charge in [0.25, 0.3) is 5.91 Å². The largest absolute Gasteiger partial charge is 0.497 e. The first kappa shape index (κ1) is 25.0. The summed E-state index contributed by atoms with van der Waals surface area (Å²) in [6.45, 7) is -2.01. The number of fused-ring (bicyclic) bond motifs is 1. The Labute approximate surface area is 198 Å². The van der Waals surface area contributed by atoms with Gasteiger partial charge < -0.3 is 14.8 Å². The highest BCUT2D eigenvalue weighted by molar-refractivity contribution is 6.03. The monoisotopic (exact) mass is 514 g/mol. The number of halogens is 6. The zero-order valence-electron chi connectivity index (χ0n) is 18.3. The van der Waals surface area contributed by atoms with Crippen molar-refractivity contribution in [2.24, 2.45) is 0 Å². The van der Waals surface area contributed by atoms with Crippen molar-refractivity contribution in [2.45, 2.75) is 19.1 Å². The Bertz CT molecular complexity index is 1380. The van der Waals surface area contributed by atoms with Gasteiger partial charge in [-0.2, -0.15) is 36.5 Å². The number of anilines is 1. The number of hydrogen-bond acceptors (Lipinski definition) is 6. The van der Waals surface area contributed by atoms with Crippen molar-refractivity contribution in [1.29, 1.82) is 0 Å². The van der Waals surface area contributed by atoms with Gasteiger partial charge in [0.2, 0.25) is 0 Å². The smallest absolute Gasteiger partial charge is 0.433 e. The molecule has 1 aromatic carbocycles. The Morgan fingerprint density at radius 1 is 1.08 bits per heavy atom. The Balaban J connectivity index is 1.58. The fourth-order valence-electron chi connectivity index (χ4n) is 3.15. The number of methoxy groups -OCH3 is 1. The lowest BCUT2D eigenvalue weighted by molar-refractivity contribution is -0.182. The fraction of sp³-hybridized carbons (Fsp3) is 0.238. The Morgan fingerprint density at radius 2 is 1.81 bits per heavy atom. The summed E-state index contributed by atoms with van der Waals surface area (Å²) in [6.07, 6.45) is -7.00. The molecule has 0 spiro atoms. The van der Waals surface area contributed by atoms with E-state index in [2.05, 4.69) is 25.2 Å². The van der Waals surface area contributed by atoms with Crippen LogP contribution in [-0.2, 0) is 17.6 Å². The van der Waals surface area contributed by atoms with Gasteiger partial charge >= 0.3 is 12.4 Å². The Hall–Kier alpha value is -4.14. The Morgan fingerprint density at radius 3 is 2.44 bits per heavy atom. The molecule has 0 unspecified atom stereocenters. The van der Waals surface area contributed by atoms with Crippen LogP contribution in [-0.4, -0.2) is 50.2 Å². The number of nitrogens with one attached hydrogen (secondary N) is 1. The molecule has 1 amide bonds. The van der Waals surface area contributed by atoms with Gasteiger partial charge in [-0.25, -0.2) is 14.2 Å². The minimum atomic E-state index is -4.81. The molecule has 0 aliphatic carbocycles. The second-order valence-corrected chi connectivity index (χ2v) is 7.37. The first-order chi connectivity index (χ1) is 16.9. The molecule has 0 aliphatic rings. The highest BCUT2D eigenvalue weighted by Crippen LogP contribution is 2.32. The predicted octanol–water partition coefficient (Wildman–Crippen LogP) is 4.41. The van der Waals surface area contributed by atoms with E-state index in [0.717, 1.165) is 23.0 Å². The van der Waals surface area contributed by atoms with E-state index in [0.29, 0.717) is 15.8 Å². The maximum absolute atomic E-state index is 13.8. The molecule has 0 bridgehead atoms. The van der Waals surface area contributed by atoms with Crippen molar-refractivity contribution in [1.82, 2.24) is 24.4 Å². The Kier molecular flexibility index (Phi) is 6.58. The molecule has 9 nitrogen and oxygen atoms in total. The maximum Gasteiger partial charge on any atom is 0.433 e. The van der Waals surface area contributed by atoms with Gasteiger partial charge in [-0.15, -0.1) is 0 Å². The zero-order valence-corrected chi connectivity index (χ0v) is 18.3. The van der Waals surface area contributed by atoms with Crippen LogP contribution in [0.4, 0.5) is 32.0 Å². The lowest BCUT2D eigenvalue weighted by Gasteiger charge is -2.11. The maximum atomic E-state index is 13.8. The summed E-state index contributed by atoms with van der Waals surface area (Å²) in [5.41, 5.74) is -1.29.